The number of Topliss-reactive ketones (excluding diaryl/α,β-unsaturated/α-hetero) is 1. The Morgan fingerprint density at radius 3 is 2.48 bits per heavy atom. The number of pyridine rings is 1. The molecule has 2 aliphatic rings. The van der Waals surface area contributed by atoms with Crippen molar-refractivity contribution in [2.45, 2.75) is 71.0 Å². The monoisotopic (exact) mass is 944 g/mol. The lowest BCUT2D eigenvalue weighted by atomic mass is 9.79. The first-order valence-electron chi connectivity index (χ1n) is 22.7. The summed E-state index contributed by atoms with van der Waals surface area (Å²) in [4.78, 5) is 45.5. The number of carbonyl (C=O) groups excluding carboxylic acids is 1. The van der Waals surface area contributed by atoms with E-state index in [2.05, 4.69) is 27.9 Å². The Morgan fingerprint density at radius 1 is 0.925 bits per heavy atom. The summed E-state index contributed by atoms with van der Waals surface area (Å²) >= 11 is 8.43. The highest BCUT2D eigenvalue weighted by molar-refractivity contribution is 7.13. The molecule has 1 saturated carbocycles. The molecule has 1 aliphatic carbocycles. The van der Waals surface area contributed by atoms with E-state index in [0.29, 0.717) is 57.8 Å². The molecule has 0 N–H and O–H groups in total. The lowest BCUT2D eigenvalue weighted by molar-refractivity contribution is -0.125. The molecule has 0 radical (unpaired) electrons. The van der Waals surface area contributed by atoms with Gasteiger partial charge in [-0.15, -0.1) is 0 Å². The summed E-state index contributed by atoms with van der Waals surface area (Å²) in [5, 5.41) is 1.32. The number of nitrogens with zero attached hydrogens (tertiary/aromatic N) is 6. The third-order valence-electron chi connectivity index (χ3n) is 12.7. The number of halogens is 1. The van der Waals surface area contributed by atoms with Gasteiger partial charge >= 0.3 is 5.82 Å². The Hall–Kier alpha value is -6.13. The molecule has 0 bridgehead atoms. The van der Waals surface area contributed by atoms with Crippen molar-refractivity contribution in [3.63, 3.8) is 0 Å². The fourth-order valence-electron chi connectivity index (χ4n) is 8.63. The van der Waals surface area contributed by atoms with Gasteiger partial charge in [0.25, 0.3) is 0 Å². The average Bonchev–Trinajstić information content (AvgIpc) is 3.89. The molecule has 1 saturated heterocycles. The summed E-state index contributed by atoms with van der Waals surface area (Å²) in [5.74, 6) is 2.57. The summed E-state index contributed by atoms with van der Waals surface area (Å²) in [5.41, 5.74) is 5.79. The minimum absolute atomic E-state index is 0.0124. The normalized spacial score (nSPS) is 15.1. The topological polar surface area (TPSA) is 155 Å². The molecule has 348 valence electrons. The van der Waals surface area contributed by atoms with E-state index in [1.165, 1.54) is 11.5 Å². The van der Waals surface area contributed by atoms with Crippen LogP contribution in [0.3, 0.4) is 0 Å². The molecule has 2 fully saturated rings. The van der Waals surface area contributed by atoms with E-state index in [1.54, 1.807) is 26.3 Å². The van der Waals surface area contributed by atoms with E-state index in [0.717, 1.165) is 95.6 Å². The summed E-state index contributed by atoms with van der Waals surface area (Å²) in [6.45, 7) is 9.24. The van der Waals surface area contributed by atoms with Gasteiger partial charge in [0.2, 0.25) is 5.88 Å². The minimum atomic E-state index is -1.01. The van der Waals surface area contributed by atoms with Crippen molar-refractivity contribution in [1.82, 2.24) is 29.1 Å². The van der Waals surface area contributed by atoms with Crippen molar-refractivity contribution in [3.05, 3.63) is 129 Å². The summed E-state index contributed by atoms with van der Waals surface area (Å²) in [7, 11) is 3.76. The van der Waals surface area contributed by atoms with Gasteiger partial charge in [0, 0.05) is 75.9 Å². The Balaban J connectivity index is 1.02. The van der Waals surface area contributed by atoms with Gasteiger partial charge in [-0.05, 0) is 92.3 Å². The predicted molar refractivity (Wildman–Crippen MR) is 257 cm³/mol. The van der Waals surface area contributed by atoms with Gasteiger partial charge in [0.15, 0.2) is 17.7 Å². The van der Waals surface area contributed by atoms with Gasteiger partial charge in [-0.3, -0.25) is 14.7 Å². The van der Waals surface area contributed by atoms with Gasteiger partial charge in [-0.25, -0.2) is 14.8 Å². The number of hydrogen-bond donors (Lipinski definition) is 0. The van der Waals surface area contributed by atoms with Crippen molar-refractivity contribution in [2.75, 3.05) is 53.5 Å². The van der Waals surface area contributed by atoms with Crippen LogP contribution in [0.5, 0.6) is 23.1 Å². The molecule has 1 aliphatic heterocycles. The van der Waals surface area contributed by atoms with Gasteiger partial charge in [-0.2, -0.15) is 4.37 Å². The maximum absolute atomic E-state index is 14.5. The Morgan fingerprint density at radius 2 is 1.72 bits per heavy atom. The average molecular weight is 946 g/mol. The SMILES string of the molecule is COc1ccccc1-c1nccc(COc2ccccc2C[C@@H](Oc2nsc3cnc(C4CCC4)c(-c4ccc(OCCN5CCN(C)CC5)c(Cl)c4C)c23)C(=O)CCc2oc(=O)oc2C)n1. The maximum Gasteiger partial charge on any atom is 0.519 e. The molecule has 14 nitrogen and oxygen atoms in total. The molecular weight excluding hydrogens is 892 g/mol. The number of aryl methyl sites for hydroxylation is 2. The first-order valence-corrected chi connectivity index (χ1v) is 23.8. The highest BCUT2D eigenvalue weighted by atomic mass is 35.5. The van der Waals surface area contributed by atoms with Crippen LogP contribution in [0.1, 0.15) is 65.6 Å². The summed E-state index contributed by atoms with van der Waals surface area (Å²) in [6, 6.07) is 20.9. The molecule has 16 heteroatoms. The van der Waals surface area contributed by atoms with Crippen LogP contribution in [0.4, 0.5) is 0 Å². The fraction of sp³-hybridized carbons (Fsp3) is 0.373. The second kappa shape index (κ2) is 20.8. The number of ether oxygens (including phenoxy) is 4. The number of aromatic nitrogens is 4. The number of carbonyl (C=O) groups is 1. The van der Waals surface area contributed by atoms with E-state index in [1.807, 2.05) is 67.7 Å². The minimum Gasteiger partial charge on any atom is -0.496 e. The van der Waals surface area contributed by atoms with Crippen LogP contribution in [0.25, 0.3) is 32.6 Å². The number of benzene rings is 3. The molecular formula is C51H53ClN6O8S. The lowest BCUT2D eigenvalue weighted by Gasteiger charge is -2.32. The van der Waals surface area contributed by atoms with Crippen molar-refractivity contribution < 1.29 is 32.6 Å². The van der Waals surface area contributed by atoms with Crippen molar-refractivity contribution in [2.24, 2.45) is 0 Å². The lowest BCUT2D eigenvalue weighted by Crippen LogP contribution is -2.45. The zero-order valence-corrected chi connectivity index (χ0v) is 39.7. The van der Waals surface area contributed by atoms with E-state index in [-0.39, 0.29) is 37.6 Å². The zero-order chi connectivity index (χ0) is 46.4. The molecule has 1 atom stereocenters. The van der Waals surface area contributed by atoms with Crippen LogP contribution < -0.4 is 24.8 Å². The second-order valence-electron chi connectivity index (χ2n) is 17.1. The van der Waals surface area contributed by atoms with Crippen molar-refractivity contribution in [1.29, 1.82) is 0 Å². The molecule has 5 heterocycles. The largest absolute Gasteiger partial charge is 0.519 e. The van der Waals surface area contributed by atoms with E-state index in [4.69, 9.17) is 53.7 Å². The summed E-state index contributed by atoms with van der Waals surface area (Å²) in [6.07, 6.45) is 5.99. The number of methoxy groups -OCH3 is 1. The van der Waals surface area contributed by atoms with Gasteiger partial charge in [-0.1, -0.05) is 54.4 Å². The molecule has 3 aromatic carbocycles. The number of likely N-dealkylation sites (N-methyl/N-ethyl adjacent to an activating group) is 1. The Bertz CT molecular complexity index is 2920. The highest BCUT2D eigenvalue weighted by Crippen LogP contribution is 2.48. The molecule has 9 rings (SSSR count). The van der Waals surface area contributed by atoms with Crippen LogP contribution in [0.2, 0.25) is 5.02 Å². The third kappa shape index (κ3) is 10.4. The van der Waals surface area contributed by atoms with Gasteiger partial charge < -0.3 is 32.7 Å². The van der Waals surface area contributed by atoms with Crippen LogP contribution >= 0.6 is 23.1 Å². The zero-order valence-electron chi connectivity index (χ0n) is 38.1. The van der Waals surface area contributed by atoms with Crippen LogP contribution in [-0.2, 0) is 24.2 Å². The number of piperazine rings is 1. The number of rotatable bonds is 19. The van der Waals surface area contributed by atoms with E-state index in [9.17, 15) is 9.59 Å². The highest BCUT2D eigenvalue weighted by Gasteiger charge is 2.31. The van der Waals surface area contributed by atoms with Crippen molar-refractivity contribution >= 4 is 39.0 Å². The van der Waals surface area contributed by atoms with Gasteiger partial charge in [0.05, 0.1) is 39.2 Å². The fourth-order valence-corrected chi connectivity index (χ4v) is 9.54. The number of hydrogen-bond acceptors (Lipinski definition) is 15. The maximum atomic E-state index is 14.5. The predicted octanol–water partition coefficient (Wildman–Crippen LogP) is 9.31. The van der Waals surface area contributed by atoms with Crippen LogP contribution in [0.15, 0.2) is 92.8 Å². The number of para-hydroxylation sites is 2. The van der Waals surface area contributed by atoms with Crippen LogP contribution in [-0.4, -0.2) is 94.5 Å². The standard InChI is InChI=1S/C51H53ClN6O8S/c1-31-36(16-18-42(47(31)52)62-27-26-58-24-22-57(3)23-25-58)45-46-44(29-54-48(45)33-11-9-12-33)67-56-50(46)65-43(38(59)17-19-39-32(2)64-51(60)66-39)28-34-10-5-7-14-40(34)63-30-35-20-21-53-49(55-35)37-13-6-8-15-41(37)61-4/h5-8,10,13-16,18,20-21,29,33,43H,9,11-12,17,19,22-28,30H2,1-4H3/t43-/m1/s1. The smallest absolute Gasteiger partial charge is 0.496 e. The quantitative estimate of drug-likeness (QED) is 0.0756. The van der Waals surface area contributed by atoms with Crippen LogP contribution in [0, 0.1) is 13.8 Å². The number of ketones is 1. The molecule has 7 aromatic rings. The summed E-state index contributed by atoms with van der Waals surface area (Å²) < 4.78 is 41.2. The van der Waals surface area contributed by atoms with E-state index < -0.39 is 11.9 Å². The third-order valence-corrected chi connectivity index (χ3v) is 14.0. The molecule has 0 amide bonds. The Kier molecular flexibility index (Phi) is 14.3. The van der Waals surface area contributed by atoms with Crippen molar-refractivity contribution in [3.8, 4) is 45.6 Å². The Labute approximate surface area is 398 Å². The molecule has 67 heavy (non-hydrogen) atoms. The van der Waals surface area contributed by atoms with Gasteiger partial charge in [0.1, 0.15) is 42.0 Å². The number of fused-ring (bicyclic) bond motifs is 1. The molecule has 0 unspecified atom stereocenters. The first kappa shape index (κ1) is 46.0. The molecule has 4 aromatic heterocycles. The second-order valence-corrected chi connectivity index (χ2v) is 18.3. The molecule has 0 spiro atoms. The van der Waals surface area contributed by atoms with E-state index >= 15 is 0 Å². The first-order chi connectivity index (χ1) is 32.6.